The number of hydrogen-bond donors (Lipinski definition) is 1. The summed E-state index contributed by atoms with van der Waals surface area (Å²) in [6.07, 6.45) is 2.37. The fourth-order valence-corrected chi connectivity index (χ4v) is 3.00. The van der Waals surface area contributed by atoms with Gasteiger partial charge in [0.1, 0.15) is 11.4 Å². The molecule has 1 aromatic rings. The van der Waals surface area contributed by atoms with Gasteiger partial charge in [-0.3, -0.25) is 9.48 Å². The van der Waals surface area contributed by atoms with E-state index in [9.17, 15) is 13.2 Å². The Balaban J connectivity index is 2.84. The minimum atomic E-state index is -3.67. The van der Waals surface area contributed by atoms with Gasteiger partial charge in [-0.05, 0) is 6.92 Å². The van der Waals surface area contributed by atoms with Crippen molar-refractivity contribution in [1.29, 1.82) is 0 Å². The van der Waals surface area contributed by atoms with E-state index in [1.807, 2.05) is 6.92 Å². The molecular weight excluding hydrogens is 286 g/mol. The lowest BCUT2D eigenvalue weighted by Gasteiger charge is -2.19. The van der Waals surface area contributed by atoms with E-state index in [0.717, 1.165) is 10.9 Å². The van der Waals surface area contributed by atoms with Crippen molar-refractivity contribution in [2.45, 2.75) is 25.3 Å². The Morgan fingerprint density at radius 1 is 1.50 bits per heavy atom. The Morgan fingerprint density at radius 3 is 2.75 bits per heavy atom. The third-order valence-electron chi connectivity index (χ3n) is 2.59. The van der Waals surface area contributed by atoms with E-state index < -0.39 is 16.0 Å². The maximum absolute atomic E-state index is 12.3. The van der Waals surface area contributed by atoms with Gasteiger partial charge in [0.25, 0.3) is 0 Å². The second-order valence-electron chi connectivity index (χ2n) is 3.96. The van der Waals surface area contributed by atoms with Gasteiger partial charge in [0.05, 0.1) is 12.8 Å². The normalized spacial score (nSPS) is 11.9. The predicted octanol–water partition coefficient (Wildman–Crippen LogP) is 0.0148. The molecule has 20 heavy (non-hydrogen) atoms. The highest BCUT2D eigenvalue weighted by molar-refractivity contribution is 7.89. The van der Waals surface area contributed by atoms with Gasteiger partial charge in [-0.1, -0.05) is 6.92 Å². The van der Waals surface area contributed by atoms with Gasteiger partial charge >= 0.3 is 5.97 Å². The van der Waals surface area contributed by atoms with Crippen molar-refractivity contribution in [3.8, 4) is 0 Å². The van der Waals surface area contributed by atoms with Crippen LogP contribution in [0.25, 0.3) is 0 Å². The molecule has 1 rings (SSSR count). The number of aromatic nitrogens is 2. The first-order valence-electron chi connectivity index (χ1n) is 6.24. The number of carboxylic acid groups (broad SMARTS) is 1. The number of nitrogens with zero attached hydrogens (tertiary/aromatic N) is 3. The molecule has 1 heterocycles. The average Bonchev–Trinajstić information content (AvgIpc) is 2.82. The molecule has 1 N–H and O–H groups in total. The number of sulfonamides is 1. The van der Waals surface area contributed by atoms with E-state index in [1.165, 1.54) is 10.5 Å². The highest BCUT2D eigenvalue weighted by atomic mass is 32.2. The molecule has 0 saturated carbocycles. The minimum absolute atomic E-state index is 0.0166. The average molecular weight is 305 g/mol. The summed E-state index contributed by atoms with van der Waals surface area (Å²) in [6, 6.07) is 0. The summed E-state index contributed by atoms with van der Waals surface area (Å²) in [5.41, 5.74) is 0. The molecule has 9 heteroatoms. The molecule has 0 unspecified atom stereocenters. The van der Waals surface area contributed by atoms with E-state index in [1.54, 1.807) is 6.92 Å². The van der Waals surface area contributed by atoms with Crippen molar-refractivity contribution < 1.29 is 23.1 Å². The fourth-order valence-electron chi connectivity index (χ4n) is 1.61. The Bertz CT molecular complexity index is 540. The first-order chi connectivity index (χ1) is 9.41. The van der Waals surface area contributed by atoms with E-state index in [2.05, 4.69) is 5.10 Å². The van der Waals surface area contributed by atoms with Gasteiger partial charge in [-0.2, -0.15) is 9.40 Å². The number of aliphatic carboxylic acids is 1. The summed E-state index contributed by atoms with van der Waals surface area (Å²) in [4.78, 5) is 10.5. The monoisotopic (exact) mass is 305 g/mol. The van der Waals surface area contributed by atoms with Crippen LogP contribution in [-0.4, -0.2) is 59.9 Å². The molecule has 0 bridgehead atoms. The van der Waals surface area contributed by atoms with Gasteiger partial charge in [0.15, 0.2) is 0 Å². The Morgan fingerprint density at radius 2 is 2.20 bits per heavy atom. The first-order valence-corrected chi connectivity index (χ1v) is 7.68. The Kier molecular flexibility index (Phi) is 6.11. The largest absolute Gasteiger partial charge is 0.480 e. The lowest BCUT2D eigenvalue weighted by Crippen LogP contribution is -2.33. The predicted molar refractivity (Wildman–Crippen MR) is 70.8 cm³/mol. The van der Waals surface area contributed by atoms with E-state index in [-0.39, 0.29) is 18.0 Å². The molecule has 0 aromatic carbocycles. The summed E-state index contributed by atoms with van der Waals surface area (Å²) in [6.45, 7) is 4.57. The molecule has 8 nitrogen and oxygen atoms in total. The molecule has 0 atom stereocenters. The Labute approximate surface area is 118 Å². The van der Waals surface area contributed by atoms with Crippen molar-refractivity contribution in [2.24, 2.45) is 0 Å². The zero-order valence-electron chi connectivity index (χ0n) is 11.5. The first kappa shape index (κ1) is 16.6. The van der Waals surface area contributed by atoms with Gasteiger partial charge in [-0.15, -0.1) is 0 Å². The fraction of sp³-hybridized carbons (Fsp3) is 0.636. The van der Waals surface area contributed by atoms with Crippen LogP contribution in [0.15, 0.2) is 17.3 Å². The zero-order valence-corrected chi connectivity index (χ0v) is 12.3. The highest BCUT2D eigenvalue weighted by Crippen LogP contribution is 2.14. The maximum Gasteiger partial charge on any atom is 0.325 e. The van der Waals surface area contributed by atoms with Crippen molar-refractivity contribution in [1.82, 2.24) is 14.1 Å². The molecule has 0 aliphatic heterocycles. The minimum Gasteiger partial charge on any atom is -0.480 e. The van der Waals surface area contributed by atoms with E-state index >= 15 is 0 Å². The number of carbonyl (C=O) groups is 1. The quantitative estimate of drug-likeness (QED) is 0.645. The smallest absolute Gasteiger partial charge is 0.325 e. The number of ether oxygens (including phenoxy) is 1. The van der Waals surface area contributed by atoms with Crippen LogP contribution in [0.4, 0.5) is 0 Å². The number of hydrogen-bond acceptors (Lipinski definition) is 5. The second-order valence-corrected chi connectivity index (χ2v) is 5.90. The van der Waals surface area contributed by atoms with Crippen LogP contribution in [0.1, 0.15) is 13.8 Å². The standard InChI is InChI=1S/C11H19N3O5S/c1-3-14(5-6-19-4-2)20(17,18)10-7-12-13(8-10)9-11(15)16/h7-8H,3-6,9H2,1-2H3,(H,15,16). The summed E-state index contributed by atoms with van der Waals surface area (Å²) in [5.74, 6) is -1.08. The lowest BCUT2D eigenvalue weighted by atomic mass is 10.6. The van der Waals surface area contributed by atoms with Gasteiger partial charge in [0, 0.05) is 25.9 Å². The summed E-state index contributed by atoms with van der Waals surface area (Å²) in [7, 11) is -3.67. The summed E-state index contributed by atoms with van der Waals surface area (Å²) in [5, 5.41) is 12.4. The summed E-state index contributed by atoms with van der Waals surface area (Å²) < 4.78 is 32.1. The van der Waals surface area contributed by atoms with Crippen molar-refractivity contribution in [2.75, 3.05) is 26.3 Å². The topological polar surface area (TPSA) is 102 Å². The molecule has 0 spiro atoms. The SMILES string of the molecule is CCOCCN(CC)S(=O)(=O)c1cnn(CC(=O)O)c1. The van der Waals surface area contributed by atoms with Gasteiger partial charge in [-0.25, -0.2) is 8.42 Å². The van der Waals surface area contributed by atoms with Crippen LogP contribution in [0.2, 0.25) is 0 Å². The number of likely N-dealkylation sites (N-methyl/N-ethyl adjacent to an activating group) is 1. The number of rotatable bonds is 9. The van der Waals surface area contributed by atoms with Crippen LogP contribution in [-0.2, 0) is 26.1 Å². The molecule has 0 fully saturated rings. The molecule has 0 amide bonds. The van der Waals surface area contributed by atoms with Crippen molar-refractivity contribution in [3.63, 3.8) is 0 Å². The van der Waals surface area contributed by atoms with Gasteiger partial charge < -0.3 is 9.84 Å². The third-order valence-corrected chi connectivity index (χ3v) is 4.51. The lowest BCUT2D eigenvalue weighted by molar-refractivity contribution is -0.137. The Hall–Kier alpha value is -1.45. The third kappa shape index (κ3) is 4.29. The van der Waals surface area contributed by atoms with Gasteiger partial charge in [0.2, 0.25) is 10.0 Å². The van der Waals surface area contributed by atoms with E-state index in [4.69, 9.17) is 9.84 Å². The highest BCUT2D eigenvalue weighted by Gasteiger charge is 2.24. The van der Waals surface area contributed by atoms with Crippen LogP contribution in [0.3, 0.4) is 0 Å². The second kappa shape index (κ2) is 7.36. The number of carboxylic acids is 1. The molecular formula is C11H19N3O5S. The van der Waals surface area contributed by atoms with Crippen molar-refractivity contribution >= 4 is 16.0 Å². The van der Waals surface area contributed by atoms with E-state index in [0.29, 0.717) is 19.8 Å². The molecule has 114 valence electrons. The van der Waals surface area contributed by atoms with Crippen molar-refractivity contribution in [3.05, 3.63) is 12.4 Å². The van der Waals surface area contributed by atoms with Crippen LogP contribution >= 0.6 is 0 Å². The van der Waals surface area contributed by atoms with Crippen LogP contribution < -0.4 is 0 Å². The summed E-state index contributed by atoms with van der Waals surface area (Å²) >= 11 is 0. The van der Waals surface area contributed by atoms with Crippen LogP contribution in [0, 0.1) is 0 Å². The zero-order chi connectivity index (χ0) is 15.2. The molecule has 0 radical (unpaired) electrons. The molecule has 0 aliphatic rings. The maximum atomic E-state index is 12.3. The molecule has 1 aromatic heterocycles. The molecule has 0 saturated heterocycles. The molecule has 0 aliphatic carbocycles. The van der Waals surface area contributed by atoms with Crippen LogP contribution in [0.5, 0.6) is 0 Å².